The molecule has 1 unspecified atom stereocenters. The van der Waals surface area contributed by atoms with Gasteiger partial charge < -0.3 is 5.73 Å². The van der Waals surface area contributed by atoms with E-state index >= 15 is 0 Å². The van der Waals surface area contributed by atoms with Gasteiger partial charge in [-0.1, -0.05) is 42.7 Å². The summed E-state index contributed by atoms with van der Waals surface area (Å²) in [5, 5.41) is 0. The Balaban J connectivity index is 2.02. The second-order valence-corrected chi connectivity index (χ2v) is 5.92. The van der Waals surface area contributed by atoms with Crippen LogP contribution in [-0.2, 0) is 6.42 Å². The number of benzene rings is 1. The van der Waals surface area contributed by atoms with Crippen LogP contribution in [0.5, 0.6) is 0 Å². The molecule has 2 rings (SSSR count). The highest BCUT2D eigenvalue weighted by atomic mass is 15.3. The van der Waals surface area contributed by atoms with Crippen molar-refractivity contribution in [2.45, 2.75) is 51.6 Å². The maximum Gasteiger partial charge on any atom is 0.0699 e. The van der Waals surface area contributed by atoms with Crippen LogP contribution in [0.2, 0.25) is 0 Å². The van der Waals surface area contributed by atoms with Gasteiger partial charge in [-0.05, 0) is 45.3 Å². The van der Waals surface area contributed by atoms with E-state index in [9.17, 15) is 0 Å². The van der Waals surface area contributed by atoms with Gasteiger partial charge in [0, 0.05) is 6.42 Å². The van der Waals surface area contributed by atoms with Crippen molar-refractivity contribution >= 4 is 0 Å². The van der Waals surface area contributed by atoms with Crippen molar-refractivity contribution < 1.29 is 0 Å². The van der Waals surface area contributed by atoms with Gasteiger partial charge in [0.05, 0.1) is 5.66 Å². The lowest BCUT2D eigenvalue weighted by atomic mass is 9.99. The lowest BCUT2D eigenvalue weighted by molar-refractivity contribution is 0.113. The molecule has 2 N–H and O–H groups in total. The maximum absolute atomic E-state index is 6.56. The molecule has 0 saturated carbocycles. The first-order valence-corrected chi connectivity index (χ1v) is 7.17. The van der Waals surface area contributed by atoms with Gasteiger partial charge >= 0.3 is 0 Å². The lowest BCUT2D eigenvalue weighted by Crippen LogP contribution is -2.55. The van der Waals surface area contributed by atoms with Gasteiger partial charge in [0.2, 0.25) is 0 Å². The average Bonchev–Trinajstić information content (AvgIpc) is 2.61. The van der Waals surface area contributed by atoms with Crippen LogP contribution < -0.4 is 5.73 Å². The summed E-state index contributed by atoms with van der Waals surface area (Å²) in [7, 11) is 0. The summed E-state index contributed by atoms with van der Waals surface area (Å²) in [4.78, 5) is 2.47. The van der Waals surface area contributed by atoms with E-state index in [1.165, 1.54) is 36.8 Å². The highest BCUT2D eigenvalue weighted by Crippen LogP contribution is 2.20. The van der Waals surface area contributed by atoms with Crippen LogP contribution in [0.3, 0.4) is 0 Å². The van der Waals surface area contributed by atoms with Gasteiger partial charge in [-0.25, -0.2) is 0 Å². The Kier molecular flexibility index (Phi) is 4.41. The largest absolute Gasteiger partial charge is 0.313 e. The molecule has 1 heterocycles. The van der Waals surface area contributed by atoms with Crippen LogP contribution in [0.1, 0.15) is 43.7 Å². The molecule has 1 atom stereocenters. The van der Waals surface area contributed by atoms with Crippen molar-refractivity contribution in [1.29, 1.82) is 0 Å². The summed E-state index contributed by atoms with van der Waals surface area (Å²) in [6.07, 6.45) is 6.24. The number of nitrogens with zero attached hydrogens (tertiary/aromatic N) is 1. The molecule has 0 amide bonds. The molecule has 1 fully saturated rings. The van der Waals surface area contributed by atoms with Crippen LogP contribution >= 0.6 is 0 Å². The van der Waals surface area contributed by atoms with Crippen molar-refractivity contribution in [2.75, 3.05) is 13.1 Å². The Morgan fingerprint density at radius 1 is 1.06 bits per heavy atom. The Morgan fingerprint density at radius 3 is 2.17 bits per heavy atom. The molecule has 1 aliphatic heterocycles. The number of nitrogens with two attached hydrogens (primary N) is 1. The van der Waals surface area contributed by atoms with E-state index in [0.29, 0.717) is 0 Å². The molecule has 1 saturated heterocycles. The molecule has 2 heteroatoms. The predicted molar refractivity (Wildman–Crippen MR) is 77.5 cm³/mol. The first-order chi connectivity index (χ1) is 8.58. The highest BCUT2D eigenvalue weighted by Gasteiger charge is 2.27. The van der Waals surface area contributed by atoms with Gasteiger partial charge in [0.15, 0.2) is 0 Å². The Labute approximate surface area is 111 Å². The minimum Gasteiger partial charge on any atom is -0.313 e. The third-order valence-electron chi connectivity index (χ3n) is 4.01. The summed E-state index contributed by atoms with van der Waals surface area (Å²) < 4.78 is 0. The Bertz CT molecular complexity index is 359. The fourth-order valence-corrected chi connectivity index (χ4v) is 2.81. The third kappa shape index (κ3) is 3.56. The van der Waals surface area contributed by atoms with Crippen molar-refractivity contribution in [3.63, 3.8) is 0 Å². The minimum atomic E-state index is -0.209. The lowest BCUT2D eigenvalue weighted by Gasteiger charge is -2.38. The molecule has 0 aliphatic carbocycles. The first kappa shape index (κ1) is 13.6. The molecule has 0 bridgehead atoms. The number of hydrogen-bond acceptors (Lipinski definition) is 2. The van der Waals surface area contributed by atoms with Gasteiger partial charge in [0.1, 0.15) is 0 Å². The van der Waals surface area contributed by atoms with Crippen LogP contribution in [0.15, 0.2) is 24.3 Å². The second-order valence-electron chi connectivity index (χ2n) is 5.92. The van der Waals surface area contributed by atoms with Gasteiger partial charge in [-0.15, -0.1) is 0 Å². The standard InChI is InChI=1S/C16H26N2/c1-14-7-9-15(10-8-14)13-16(2,17)18-11-5-3-4-6-12-18/h7-10H,3-6,11-13,17H2,1-2H3. The van der Waals surface area contributed by atoms with E-state index in [1.54, 1.807) is 0 Å². The minimum absolute atomic E-state index is 0.209. The summed E-state index contributed by atoms with van der Waals surface area (Å²) in [6.45, 7) is 6.61. The van der Waals surface area contributed by atoms with Crippen molar-refractivity contribution in [1.82, 2.24) is 4.90 Å². The number of aryl methyl sites for hydroxylation is 1. The quantitative estimate of drug-likeness (QED) is 0.888. The van der Waals surface area contributed by atoms with Crippen molar-refractivity contribution in [3.05, 3.63) is 35.4 Å². The SMILES string of the molecule is Cc1ccc(CC(C)(N)N2CCCCCC2)cc1. The zero-order valence-electron chi connectivity index (χ0n) is 11.8. The van der Waals surface area contributed by atoms with E-state index in [4.69, 9.17) is 5.73 Å². The molecule has 0 spiro atoms. The van der Waals surface area contributed by atoms with Gasteiger partial charge in [-0.2, -0.15) is 0 Å². The summed E-state index contributed by atoms with van der Waals surface area (Å²) in [5.74, 6) is 0. The van der Waals surface area contributed by atoms with Crippen LogP contribution in [0.25, 0.3) is 0 Å². The van der Waals surface area contributed by atoms with E-state index in [0.717, 1.165) is 19.5 Å². The topological polar surface area (TPSA) is 29.3 Å². The first-order valence-electron chi connectivity index (χ1n) is 7.17. The molecular weight excluding hydrogens is 220 g/mol. The predicted octanol–water partition coefficient (Wildman–Crippen LogP) is 3.09. The summed E-state index contributed by atoms with van der Waals surface area (Å²) >= 11 is 0. The normalized spacial score (nSPS) is 21.3. The van der Waals surface area contributed by atoms with Gasteiger partial charge in [0.25, 0.3) is 0 Å². The Hall–Kier alpha value is -0.860. The van der Waals surface area contributed by atoms with E-state index < -0.39 is 0 Å². The van der Waals surface area contributed by atoms with E-state index in [1.807, 2.05) is 0 Å². The van der Waals surface area contributed by atoms with Crippen molar-refractivity contribution in [3.8, 4) is 0 Å². The average molecular weight is 246 g/mol. The molecule has 2 nitrogen and oxygen atoms in total. The number of rotatable bonds is 3. The monoisotopic (exact) mass is 246 g/mol. The fourth-order valence-electron chi connectivity index (χ4n) is 2.81. The smallest absolute Gasteiger partial charge is 0.0699 e. The zero-order valence-corrected chi connectivity index (χ0v) is 11.8. The maximum atomic E-state index is 6.56. The number of hydrogen-bond donors (Lipinski definition) is 1. The molecular formula is C16H26N2. The molecule has 1 aromatic rings. The fraction of sp³-hybridized carbons (Fsp3) is 0.625. The molecule has 0 radical (unpaired) electrons. The third-order valence-corrected chi connectivity index (χ3v) is 4.01. The van der Waals surface area contributed by atoms with E-state index in [2.05, 4.69) is 43.0 Å². The highest BCUT2D eigenvalue weighted by molar-refractivity contribution is 5.22. The summed E-state index contributed by atoms with van der Waals surface area (Å²) in [6, 6.07) is 8.76. The Morgan fingerprint density at radius 2 is 1.61 bits per heavy atom. The molecule has 18 heavy (non-hydrogen) atoms. The number of likely N-dealkylation sites (tertiary alicyclic amines) is 1. The molecule has 1 aliphatic rings. The summed E-state index contributed by atoms with van der Waals surface area (Å²) in [5.41, 5.74) is 9.00. The van der Waals surface area contributed by atoms with E-state index in [-0.39, 0.29) is 5.66 Å². The van der Waals surface area contributed by atoms with Crippen LogP contribution in [0, 0.1) is 6.92 Å². The molecule has 1 aromatic carbocycles. The van der Waals surface area contributed by atoms with Crippen LogP contribution in [0.4, 0.5) is 0 Å². The zero-order chi connectivity index (χ0) is 13.0. The molecule has 100 valence electrons. The molecule has 0 aromatic heterocycles. The van der Waals surface area contributed by atoms with Gasteiger partial charge in [-0.3, -0.25) is 4.90 Å². The van der Waals surface area contributed by atoms with Crippen molar-refractivity contribution in [2.24, 2.45) is 5.73 Å². The van der Waals surface area contributed by atoms with Crippen LogP contribution in [-0.4, -0.2) is 23.7 Å². The second kappa shape index (κ2) is 5.85.